The molecule has 29 heavy (non-hydrogen) atoms. The molecule has 0 unspecified atom stereocenters. The van der Waals surface area contributed by atoms with Crippen molar-refractivity contribution in [1.82, 2.24) is 5.01 Å². The van der Waals surface area contributed by atoms with Gasteiger partial charge in [-0.1, -0.05) is 54.1 Å². The fourth-order valence-electron chi connectivity index (χ4n) is 4.56. The number of hydrogen-bond acceptors (Lipinski definition) is 5. The zero-order valence-corrected chi connectivity index (χ0v) is 15.8. The molecule has 6 nitrogen and oxygen atoms in total. The highest BCUT2D eigenvalue weighted by Crippen LogP contribution is 2.46. The Morgan fingerprint density at radius 2 is 1.62 bits per heavy atom. The van der Waals surface area contributed by atoms with E-state index in [2.05, 4.69) is 5.10 Å². The molecule has 0 saturated carbocycles. The Labute approximate surface area is 168 Å². The van der Waals surface area contributed by atoms with E-state index in [0.29, 0.717) is 11.3 Å². The maximum Gasteiger partial charge on any atom is 0.240 e. The van der Waals surface area contributed by atoms with Crippen LogP contribution in [0.2, 0.25) is 0 Å². The van der Waals surface area contributed by atoms with E-state index in [0.717, 1.165) is 5.56 Å². The molecule has 144 valence electrons. The van der Waals surface area contributed by atoms with Crippen LogP contribution in [0.15, 0.2) is 71.9 Å². The van der Waals surface area contributed by atoms with Gasteiger partial charge >= 0.3 is 0 Å². The van der Waals surface area contributed by atoms with E-state index in [1.807, 2.05) is 31.2 Å². The van der Waals surface area contributed by atoms with Gasteiger partial charge in [0.05, 0.1) is 23.6 Å². The van der Waals surface area contributed by atoms with Crippen LogP contribution < -0.4 is 4.90 Å². The molecule has 5 rings (SSSR count). The summed E-state index contributed by atoms with van der Waals surface area (Å²) in [5, 5.41) is 5.99. The maximum atomic E-state index is 13.4. The fraction of sp³-hybridized carbons (Fsp3) is 0.217. The van der Waals surface area contributed by atoms with Crippen molar-refractivity contribution in [2.24, 2.45) is 16.9 Å². The molecular weight excluding hydrogens is 366 g/mol. The zero-order valence-electron chi connectivity index (χ0n) is 15.8. The van der Waals surface area contributed by atoms with Gasteiger partial charge < -0.3 is 0 Å². The van der Waals surface area contributed by atoms with Crippen LogP contribution in [0.5, 0.6) is 0 Å². The van der Waals surface area contributed by atoms with Gasteiger partial charge in [0.15, 0.2) is 5.78 Å². The average molecular weight is 385 g/mol. The number of ketones is 1. The number of rotatable bonds is 3. The number of hydrazone groups is 1. The highest BCUT2D eigenvalue weighted by Gasteiger charge is 2.64. The Hall–Kier alpha value is -3.54. The van der Waals surface area contributed by atoms with Crippen molar-refractivity contribution in [2.75, 3.05) is 4.90 Å². The van der Waals surface area contributed by atoms with Crippen LogP contribution in [-0.2, 0) is 9.59 Å². The Morgan fingerprint density at radius 3 is 2.34 bits per heavy atom. The second-order valence-electron chi connectivity index (χ2n) is 7.59. The van der Waals surface area contributed by atoms with Crippen molar-refractivity contribution in [2.45, 2.75) is 19.0 Å². The molecule has 2 amide bonds. The summed E-state index contributed by atoms with van der Waals surface area (Å²) >= 11 is 0. The third kappa shape index (κ3) is 2.56. The van der Waals surface area contributed by atoms with Gasteiger partial charge in [0.2, 0.25) is 11.8 Å². The molecule has 3 aliphatic rings. The fourth-order valence-corrected chi connectivity index (χ4v) is 4.56. The van der Waals surface area contributed by atoms with Gasteiger partial charge in [0.25, 0.3) is 0 Å². The van der Waals surface area contributed by atoms with Crippen molar-refractivity contribution in [3.8, 4) is 0 Å². The van der Waals surface area contributed by atoms with Crippen LogP contribution in [-0.4, -0.2) is 40.9 Å². The van der Waals surface area contributed by atoms with E-state index < -0.39 is 23.9 Å². The number of amides is 2. The lowest BCUT2D eigenvalue weighted by Gasteiger charge is -2.30. The largest absolute Gasteiger partial charge is 0.292 e. The molecule has 3 aliphatic heterocycles. The Bertz CT molecular complexity index is 1060. The highest BCUT2D eigenvalue weighted by molar-refractivity contribution is 6.24. The van der Waals surface area contributed by atoms with Gasteiger partial charge in [0, 0.05) is 11.8 Å². The Morgan fingerprint density at radius 1 is 0.931 bits per heavy atom. The monoisotopic (exact) mass is 385 g/mol. The summed E-state index contributed by atoms with van der Waals surface area (Å²) in [6, 6.07) is 14.9. The van der Waals surface area contributed by atoms with Crippen LogP contribution in [0.1, 0.15) is 15.9 Å². The number of anilines is 1. The summed E-state index contributed by atoms with van der Waals surface area (Å²) in [6.07, 6.45) is 5.21. The second-order valence-corrected chi connectivity index (χ2v) is 7.59. The standard InChI is InChI=1S/C23H19N3O3/c1-14-9-11-16(12-10-14)25-22(28)18-17-8-5-13-24-26(17)20(19(18)23(25)29)21(27)15-6-3-2-4-7-15/h2-13,17-20H,1H3/t17-,18+,19+,20+/m1/s1. The number of carbonyl (C=O) groups excluding carboxylic acids is 3. The van der Waals surface area contributed by atoms with E-state index in [-0.39, 0.29) is 17.6 Å². The van der Waals surface area contributed by atoms with Crippen LogP contribution in [0.25, 0.3) is 0 Å². The van der Waals surface area contributed by atoms with E-state index in [1.165, 1.54) is 4.90 Å². The summed E-state index contributed by atoms with van der Waals surface area (Å²) in [5.74, 6) is -2.20. The smallest absolute Gasteiger partial charge is 0.240 e. The molecule has 0 aromatic heterocycles. The summed E-state index contributed by atoms with van der Waals surface area (Å²) in [7, 11) is 0. The summed E-state index contributed by atoms with van der Waals surface area (Å²) < 4.78 is 0. The number of Topliss-reactive ketones (excluding diaryl/α,β-unsaturated/α-hetero) is 1. The van der Waals surface area contributed by atoms with Crippen LogP contribution in [0.3, 0.4) is 0 Å². The number of aryl methyl sites for hydroxylation is 1. The average Bonchev–Trinajstić information content (AvgIpc) is 3.22. The van der Waals surface area contributed by atoms with Crippen molar-refractivity contribution in [3.05, 3.63) is 77.9 Å². The van der Waals surface area contributed by atoms with Gasteiger partial charge in [-0.25, -0.2) is 4.90 Å². The summed E-state index contributed by atoms with van der Waals surface area (Å²) in [5.41, 5.74) is 2.09. The normalized spacial score (nSPS) is 27.3. The minimum Gasteiger partial charge on any atom is -0.292 e. The summed E-state index contributed by atoms with van der Waals surface area (Å²) in [4.78, 5) is 41.3. The summed E-state index contributed by atoms with van der Waals surface area (Å²) in [6.45, 7) is 1.95. The van der Waals surface area contributed by atoms with Crippen molar-refractivity contribution in [1.29, 1.82) is 0 Å². The molecule has 2 fully saturated rings. The molecule has 0 bridgehead atoms. The van der Waals surface area contributed by atoms with E-state index >= 15 is 0 Å². The molecule has 6 heteroatoms. The molecule has 3 heterocycles. The zero-order chi connectivity index (χ0) is 20.1. The van der Waals surface area contributed by atoms with Gasteiger partial charge in [-0.05, 0) is 25.1 Å². The van der Waals surface area contributed by atoms with Gasteiger partial charge in [0.1, 0.15) is 6.04 Å². The van der Waals surface area contributed by atoms with Crippen molar-refractivity contribution >= 4 is 29.5 Å². The third-order valence-electron chi connectivity index (χ3n) is 5.91. The van der Waals surface area contributed by atoms with Gasteiger partial charge in [-0.2, -0.15) is 5.10 Å². The predicted octanol–water partition coefficient (Wildman–Crippen LogP) is 2.59. The molecular formula is C23H19N3O3. The number of imide groups is 1. The van der Waals surface area contributed by atoms with Crippen LogP contribution >= 0.6 is 0 Å². The number of nitrogens with zero attached hydrogens (tertiary/aromatic N) is 3. The number of fused-ring (bicyclic) bond motifs is 3. The minimum absolute atomic E-state index is 0.192. The first-order valence-corrected chi connectivity index (χ1v) is 9.61. The van der Waals surface area contributed by atoms with Gasteiger partial charge in [-0.15, -0.1) is 0 Å². The quantitative estimate of drug-likeness (QED) is 0.602. The Balaban J connectivity index is 1.58. The molecule has 0 N–H and O–H groups in total. The van der Waals surface area contributed by atoms with Crippen LogP contribution in [0, 0.1) is 18.8 Å². The van der Waals surface area contributed by atoms with E-state index in [1.54, 1.807) is 53.7 Å². The maximum absolute atomic E-state index is 13.4. The minimum atomic E-state index is -0.805. The topological polar surface area (TPSA) is 70.1 Å². The third-order valence-corrected chi connectivity index (χ3v) is 5.91. The first-order chi connectivity index (χ1) is 14.1. The molecule has 2 aromatic carbocycles. The molecule has 2 aromatic rings. The Kier molecular flexibility index (Phi) is 3.94. The number of benzene rings is 2. The molecule has 0 spiro atoms. The van der Waals surface area contributed by atoms with E-state index in [4.69, 9.17) is 0 Å². The molecule has 2 saturated heterocycles. The lowest BCUT2D eigenvalue weighted by Crippen LogP contribution is -2.46. The van der Waals surface area contributed by atoms with Crippen molar-refractivity contribution in [3.63, 3.8) is 0 Å². The first-order valence-electron chi connectivity index (χ1n) is 9.61. The van der Waals surface area contributed by atoms with E-state index in [9.17, 15) is 14.4 Å². The lowest BCUT2D eigenvalue weighted by molar-refractivity contribution is -0.123. The van der Waals surface area contributed by atoms with Crippen LogP contribution in [0.4, 0.5) is 5.69 Å². The molecule has 0 aliphatic carbocycles. The number of carbonyl (C=O) groups is 3. The molecule has 0 radical (unpaired) electrons. The first kappa shape index (κ1) is 17.6. The SMILES string of the molecule is Cc1ccc(N2C(=O)[C@@H]3[C@H](C2=O)[C@@H](C(=O)c2ccccc2)N2N=CC=C[C@H]32)cc1. The lowest BCUT2D eigenvalue weighted by atomic mass is 9.86. The second kappa shape index (κ2) is 6.51. The number of hydrogen-bond donors (Lipinski definition) is 0. The highest BCUT2D eigenvalue weighted by atomic mass is 16.2. The van der Waals surface area contributed by atoms with Gasteiger partial charge in [-0.3, -0.25) is 19.4 Å². The predicted molar refractivity (Wildman–Crippen MR) is 108 cm³/mol. The number of allylic oxidation sites excluding steroid dienone is 1. The van der Waals surface area contributed by atoms with Crippen molar-refractivity contribution < 1.29 is 14.4 Å². The molecule has 4 atom stereocenters.